The maximum absolute atomic E-state index is 13.3. The van der Waals surface area contributed by atoms with E-state index in [9.17, 15) is 24.3 Å². The van der Waals surface area contributed by atoms with E-state index in [1.165, 1.54) is 17.6 Å². The summed E-state index contributed by atoms with van der Waals surface area (Å²) in [6.45, 7) is 4.84. The molecule has 4 bridgehead atoms. The second-order valence-corrected chi connectivity index (χ2v) is 10.6. The fraction of sp³-hybridized carbons (Fsp3) is 0.407. The Labute approximate surface area is 235 Å². The highest BCUT2D eigenvalue weighted by atomic mass is 32.1. The number of fused-ring (bicyclic) bond motifs is 4. The van der Waals surface area contributed by atoms with Crippen molar-refractivity contribution < 1.29 is 28.7 Å². The van der Waals surface area contributed by atoms with Crippen LogP contribution in [0.3, 0.4) is 0 Å². The smallest absolute Gasteiger partial charge is 0.273 e. The maximum atomic E-state index is 13.3. The van der Waals surface area contributed by atoms with Crippen molar-refractivity contribution in [1.29, 1.82) is 0 Å². The zero-order valence-corrected chi connectivity index (χ0v) is 23.2. The minimum Gasteiger partial charge on any atom is -0.446 e. The molecule has 13 heteroatoms. The Morgan fingerprint density at radius 2 is 1.65 bits per heavy atom. The summed E-state index contributed by atoms with van der Waals surface area (Å²) in [5, 5.41) is 22.8. The van der Waals surface area contributed by atoms with Crippen molar-refractivity contribution >= 4 is 35.0 Å². The maximum Gasteiger partial charge on any atom is 0.273 e. The first-order valence-electron chi connectivity index (χ1n) is 13.0. The first kappa shape index (κ1) is 28.9. The van der Waals surface area contributed by atoms with E-state index in [-0.39, 0.29) is 29.6 Å². The molecule has 2 aromatic heterocycles. The van der Waals surface area contributed by atoms with Gasteiger partial charge in [0, 0.05) is 11.8 Å². The van der Waals surface area contributed by atoms with Crippen molar-refractivity contribution in [3.05, 3.63) is 69.8 Å². The van der Waals surface area contributed by atoms with Gasteiger partial charge in [0.15, 0.2) is 5.69 Å². The third kappa shape index (κ3) is 6.72. The van der Waals surface area contributed by atoms with Gasteiger partial charge >= 0.3 is 0 Å². The summed E-state index contributed by atoms with van der Waals surface area (Å²) in [6, 6.07) is 5.42. The van der Waals surface area contributed by atoms with E-state index in [0.717, 1.165) is 12.0 Å². The molecule has 40 heavy (non-hydrogen) atoms. The van der Waals surface area contributed by atoms with E-state index in [0.29, 0.717) is 5.01 Å². The van der Waals surface area contributed by atoms with Crippen molar-refractivity contribution in [3.8, 4) is 0 Å². The van der Waals surface area contributed by atoms with Crippen LogP contribution < -0.4 is 21.3 Å². The van der Waals surface area contributed by atoms with Gasteiger partial charge in [0.1, 0.15) is 35.1 Å². The van der Waals surface area contributed by atoms with Crippen molar-refractivity contribution in [2.75, 3.05) is 6.61 Å². The number of aromatic nitrogens is 2. The average Bonchev–Trinajstić information content (AvgIpc) is 3.64. The van der Waals surface area contributed by atoms with E-state index in [4.69, 9.17) is 4.42 Å². The third-order valence-electron chi connectivity index (χ3n) is 6.72. The van der Waals surface area contributed by atoms with E-state index >= 15 is 0 Å². The zero-order valence-electron chi connectivity index (χ0n) is 22.3. The molecule has 0 unspecified atom stereocenters. The summed E-state index contributed by atoms with van der Waals surface area (Å²) < 4.78 is 5.45. The first-order chi connectivity index (χ1) is 19.2. The van der Waals surface area contributed by atoms with E-state index in [1.807, 2.05) is 44.2 Å². The number of thiazole rings is 1. The molecule has 5 atom stereocenters. The molecule has 5 N–H and O–H groups in total. The predicted octanol–water partition coefficient (Wildman–Crippen LogP) is 1.66. The molecule has 212 valence electrons. The number of carbonyl (C=O) groups is 4. The summed E-state index contributed by atoms with van der Waals surface area (Å²) in [5.41, 5.74) is 0.876. The van der Waals surface area contributed by atoms with Crippen LogP contribution in [-0.2, 0) is 16.0 Å². The van der Waals surface area contributed by atoms with Crippen LogP contribution in [-0.4, -0.2) is 57.4 Å². The van der Waals surface area contributed by atoms with Gasteiger partial charge in [-0.3, -0.25) is 19.2 Å². The highest BCUT2D eigenvalue weighted by molar-refractivity contribution is 7.09. The molecular weight excluding hydrogens is 536 g/mol. The summed E-state index contributed by atoms with van der Waals surface area (Å²) in [4.78, 5) is 61.2. The van der Waals surface area contributed by atoms with Crippen LogP contribution in [0.25, 0.3) is 0 Å². The Morgan fingerprint density at radius 3 is 2.35 bits per heavy atom. The molecule has 0 aliphatic carbocycles. The number of rotatable bonds is 5. The largest absolute Gasteiger partial charge is 0.446 e. The fourth-order valence-corrected chi connectivity index (χ4v) is 5.14. The number of hydrogen-bond donors (Lipinski definition) is 5. The molecule has 3 heterocycles. The molecular formula is C27H32N6O6S. The van der Waals surface area contributed by atoms with Crippen LogP contribution >= 0.6 is 11.3 Å². The minimum absolute atomic E-state index is 0.0100. The lowest BCUT2D eigenvalue weighted by Crippen LogP contribution is -2.55. The van der Waals surface area contributed by atoms with Gasteiger partial charge in [0.25, 0.3) is 11.8 Å². The molecule has 0 spiro atoms. The Bertz CT molecular complexity index is 1360. The van der Waals surface area contributed by atoms with Gasteiger partial charge < -0.3 is 30.8 Å². The van der Waals surface area contributed by atoms with E-state index in [1.54, 1.807) is 12.3 Å². The number of amides is 4. The van der Waals surface area contributed by atoms with Gasteiger partial charge in [-0.2, -0.15) is 0 Å². The second-order valence-electron chi connectivity index (χ2n) is 9.67. The number of carbonyl (C=O) groups excluding carboxylic acids is 4. The lowest BCUT2D eigenvalue weighted by Gasteiger charge is -2.23. The molecule has 3 aromatic rings. The topological polar surface area (TPSA) is 176 Å². The number of aliphatic hydroxyl groups is 1. The quantitative estimate of drug-likeness (QED) is 0.309. The molecule has 0 saturated carbocycles. The number of hydrogen-bond acceptors (Lipinski definition) is 9. The SMILES string of the molecule is CC[C@@H](C)[C@@H]1NC(=O)c2coc(n2)[C@H](C)NC(=O)[C@@H](CO)NC(=O)[C@H](Cc2ccccc2)NC(=O)c2csc1n2. The third-order valence-corrected chi connectivity index (χ3v) is 7.65. The Balaban J connectivity index is 1.71. The normalized spacial score (nSPS) is 23.2. The lowest BCUT2D eigenvalue weighted by molar-refractivity contribution is -0.131. The van der Waals surface area contributed by atoms with Gasteiger partial charge in [0.2, 0.25) is 17.7 Å². The minimum atomic E-state index is -1.32. The monoisotopic (exact) mass is 568 g/mol. The molecule has 0 radical (unpaired) electrons. The lowest BCUT2D eigenvalue weighted by atomic mass is 9.99. The molecule has 4 amide bonds. The number of nitrogens with zero attached hydrogens (tertiary/aromatic N) is 2. The number of oxazole rings is 1. The first-order valence-corrected chi connectivity index (χ1v) is 13.9. The standard InChI is InChI=1S/C27H32N6O6S/c1-4-14(2)21-27-32-20(13-40-27)25(38)29-17(10-16-8-6-5-7-9-16)22(35)30-18(11-34)23(36)28-15(3)26-31-19(12-39-26)24(37)33-21/h5-9,12-15,17-18,21,34H,4,10-11H2,1-3H3,(H,28,36)(H,29,38)(H,30,35)(H,33,37)/t14-,15+,17+,18-,21+/m1/s1. The Morgan fingerprint density at radius 1 is 0.950 bits per heavy atom. The van der Waals surface area contributed by atoms with Gasteiger partial charge in [-0.1, -0.05) is 50.6 Å². The summed E-state index contributed by atoms with van der Waals surface area (Å²) in [7, 11) is 0. The number of benzene rings is 1. The van der Waals surface area contributed by atoms with Gasteiger partial charge in [-0.05, 0) is 18.4 Å². The zero-order chi connectivity index (χ0) is 28.8. The molecule has 0 fully saturated rings. The molecule has 1 aliphatic heterocycles. The van der Waals surface area contributed by atoms with E-state index in [2.05, 4.69) is 31.2 Å². The molecule has 4 rings (SSSR count). The highest BCUT2D eigenvalue weighted by Crippen LogP contribution is 2.28. The Hall–Kier alpha value is -4.10. The van der Waals surface area contributed by atoms with Gasteiger partial charge in [-0.25, -0.2) is 9.97 Å². The molecule has 1 aliphatic rings. The van der Waals surface area contributed by atoms with Crippen LogP contribution in [0.4, 0.5) is 0 Å². The number of aliphatic hydroxyl groups excluding tert-OH is 1. The van der Waals surface area contributed by atoms with Crippen LogP contribution in [0, 0.1) is 5.92 Å². The Kier molecular flexibility index (Phi) is 9.27. The molecule has 1 aromatic carbocycles. The van der Waals surface area contributed by atoms with Crippen LogP contribution in [0.5, 0.6) is 0 Å². The van der Waals surface area contributed by atoms with Crippen molar-refractivity contribution in [2.24, 2.45) is 5.92 Å². The average molecular weight is 569 g/mol. The summed E-state index contributed by atoms with van der Waals surface area (Å²) in [6.07, 6.45) is 2.05. The summed E-state index contributed by atoms with van der Waals surface area (Å²) >= 11 is 1.22. The molecule has 12 nitrogen and oxygen atoms in total. The van der Waals surface area contributed by atoms with Crippen LogP contribution in [0.2, 0.25) is 0 Å². The summed E-state index contributed by atoms with van der Waals surface area (Å²) in [5.74, 6) is -2.38. The number of nitrogens with one attached hydrogen (secondary N) is 4. The van der Waals surface area contributed by atoms with Crippen LogP contribution in [0.1, 0.15) is 76.7 Å². The van der Waals surface area contributed by atoms with E-state index < -0.39 is 54.4 Å². The predicted molar refractivity (Wildman–Crippen MR) is 145 cm³/mol. The van der Waals surface area contributed by atoms with Gasteiger partial charge in [0.05, 0.1) is 12.6 Å². The fourth-order valence-electron chi connectivity index (χ4n) is 4.16. The second kappa shape index (κ2) is 12.8. The van der Waals surface area contributed by atoms with Crippen molar-refractivity contribution in [2.45, 2.75) is 57.8 Å². The van der Waals surface area contributed by atoms with Crippen molar-refractivity contribution in [3.63, 3.8) is 0 Å². The van der Waals surface area contributed by atoms with Gasteiger partial charge in [-0.15, -0.1) is 11.3 Å². The van der Waals surface area contributed by atoms with Crippen LogP contribution in [0.15, 0.2) is 46.4 Å². The molecule has 0 saturated heterocycles. The van der Waals surface area contributed by atoms with Crippen molar-refractivity contribution in [1.82, 2.24) is 31.2 Å². The highest BCUT2D eigenvalue weighted by Gasteiger charge is 2.31.